The maximum absolute atomic E-state index is 12.3. The molecule has 0 amide bonds. The Hall–Kier alpha value is -0.150. The lowest BCUT2D eigenvalue weighted by atomic mass is 10.2. The van der Waals surface area contributed by atoms with Gasteiger partial charge in [-0.3, -0.25) is 0 Å². The Balaban J connectivity index is 2.27. The van der Waals surface area contributed by atoms with Gasteiger partial charge >= 0.3 is 0 Å². The van der Waals surface area contributed by atoms with Crippen molar-refractivity contribution in [1.82, 2.24) is 4.72 Å². The van der Waals surface area contributed by atoms with Crippen LogP contribution in [-0.2, 0) is 23.1 Å². The average molecular weight is 430 g/mol. The molecule has 2 rings (SSSR count). The zero-order chi connectivity index (χ0) is 15.6. The molecule has 9 heteroatoms. The van der Waals surface area contributed by atoms with Crippen molar-refractivity contribution in [3.8, 4) is 0 Å². The van der Waals surface area contributed by atoms with Crippen LogP contribution in [0.15, 0.2) is 32.9 Å². The molecule has 0 fully saturated rings. The summed E-state index contributed by atoms with van der Waals surface area (Å²) in [5.41, 5.74) is 6.06. The van der Waals surface area contributed by atoms with Gasteiger partial charge in [-0.1, -0.05) is 23.2 Å². The van der Waals surface area contributed by atoms with E-state index in [9.17, 15) is 8.42 Å². The van der Waals surface area contributed by atoms with Crippen molar-refractivity contribution in [2.75, 3.05) is 0 Å². The summed E-state index contributed by atoms with van der Waals surface area (Å²) >= 11 is 16.7. The zero-order valence-corrected chi connectivity index (χ0v) is 15.3. The highest BCUT2D eigenvalue weighted by Crippen LogP contribution is 2.29. The number of nitrogens with two attached hydrogens (primary N) is 1. The molecule has 0 aliphatic heterocycles. The van der Waals surface area contributed by atoms with Crippen LogP contribution >= 0.6 is 50.5 Å². The summed E-state index contributed by atoms with van der Waals surface area (Å²) in [6, 6.07) is 4.64. The van der Waals surface area contributed by atoms with Crippen LogP contribution in [0.25, 0.3) is 0 Å². The van der Waals surface area contributed by atoms with Gasteiger partial charge in [-0.25, -0.2) is 13.1 Å². The topological polar surface area (TPSA) is 72.2 Å². The Labute approximate surface area is 145 Å². The van der Waals surface area contributed by atoms with Crippen molar-refractivity contribution in [2.24, 2.45) is 5.73 Å². The van der Waals surface area contributed by atoms with Crippen molar-refractivity contribution in [3.63, 3.8) is 0 Å². The van der Waals surface area contributed by atoms with E-state index >= 15 is 0 Å². The molecule has 0 spiro atoms. The van der Waals surface area contributed by atoms with Gasteiger partial charge in [-0.15, -0.1) is 11.3 Å². The number of sulfonamides is 1. The van der Waals surface area contributed by atoms with Gasteiger partial charge in [0.05, 0.1) is 5.02 Å². The van der Waals surface area contributed by atoms with Gasteiger partial charge in [0.25, 0.3) is 0 Å². The van der Waals surface area contributed by atoms with E-state index in [2.05, 4.69) is 20.7 Å². The van der Waals surface area contributed by atoms with E-state index in [1.54, 1.807) is 0 Å². The SMILES string of the molecule is NCc1cc(S(=O)(=O)NCc2cc(Br)cs2)c(Cl)cc1Cl. The van der Waals surface area contributed by atoms with E-state index in [0.29, 0.717) is 10.6 Å². The first-order valence-electron chi connectivity index (χ1n) is 5.74. The predicted octanol–water partition coefficient (Wildman–Crippen LogP) is 3.75. The Morgan fingerprint density at radius 2 is 1.95 bits per heavy atom. The quantitative estimate of drug-likeness (QED) is 0.759. The van der Waals surface area contributed by atoms with Crippen molar-refractivity contribution >= 4 is 60.5 Å². The normalized spacial score (nSPS) is 11.8. The average Bonchev–Trinajstić information content (AvgIpc) is 2.82. The second-order valence-corrected chi connectivity index (χ2v) is 8.60. The molecule has 0 radical (unpaired) electrons. The molecule has 0 unspecified atom stereocenters. The minimum Gasteiger partial charge on any atom is -0.326 e. The van der Waals surface area contributed by atoms with E-state index in [0.717, 1.165) is 9.35 Å². The lowest BCUT2D eigenvalue weighted by Crippen LogP contribution is -2.23. The Bertz CT molecular complexity index is 763. The summed E-state index contributed by atoms with van der Waals surface area (Å²) in [5, 5.41) is 2.30. The van der Waals surface area contributed by atoms with E-state index in [-0.39, 0.29) is 23.0 Å². The standard InChI is InChI=1S/C12H11BrCl2N2O2S2/c13-8-2-9(20-6-8)5-17-21(18,19)12-1-7(4-16)10(14)3-11(12)15/h1-3,6,17H,4-5,16H2. The van der Waals surface area contributed by atoms with Gasteiger partial charge in [0, 0.05) is 32.8 Å². The Morgan fingerprint density at radius 1 is 1.24 bits per heavy atom. The summed E-state index contributed by atoms with van der Waals surface area (Å²) in [6.07, 6.45) is 0. The highest BCUT2D eigenvalue weighted by atomic mass is 79.9. The van der Waals surface area contributed by atoms with Gasteiger partial charge in [-0.2, -0.15) is 0 Å². The van der Waals surface area contributed by atoms with Crippen LogP contribution in [0, 0.1) is 0 Å². The summed E-state index contributed by atoms with van der Waals surface area (Å²) in [6.45, 7) is 0.325. The molecule has 21 heavy (non-hydrogen) atoms. The largest absolute Gasteiger partial charge is 0.326 e. The monoisotopic (exact) mass is 428 g/mol. The Morgan fingerprint density at radius 3 is 2.52 bits per heavy atom. The minimum atomic E-state index is -3.73. The summed E-state index contributed by atoms with van der Waals surface area (Å²) in [5.74, 6) is 0. The van der Waals surface area contributed by atoms with Gasteiger partial charge in [0.2, 0.25) is 10.0 Å². The molecule has 1 heterocycles. The smallest absolute Gasteiger partial charge is 0.242 e. The third-order valence-electron chi connectivity index (χ3n) is 2.67. The molecule has 4 nitrogen and oxygen atoms in total. The molecule has 0 aliphatic rings. The maximum Gasteiger partial charge on any atom is 0.242 e. The van der Waals surface area contributed by atoms with Crippen LogP contribution in [0.4, 0.5) is 0 Å². The fourth-order valence-corrected chi connectivity index (χ4v) is 4.99. The number of halogens is 3. The lowest BCUT2D eigenvalue weighted by molar-refractivity contribution is 0.581. The fourth-order valence-electron chi connectivity index (χ4n) is 1.62. The number of thiophene rings is 1. The number of benzene rings is 1. The van der Waals surface area contributed by atoms with E-state index in [1.165, 1.54) is 23.5 Å². The highest BCUT2D eigenvalue weighted by Gasteiger charge is 2.20. The molecule has 0 saturated carbocycles. The Kier molecular flexibility index (Phi) is 5.70. The second-order valence-electron chi connectivity index (χ2n) is 4.13. The molecule has 114 valence electrons. The van der Waals surface area contributed by atoms with Crippen LogP contribution in [-0.4, -0.2) is 8.42 Å². The molecule has 3 N–H and O–H groups in total. The molecular formula is C12H11BrCl2N2O2S2. The van der Waals surface area contributed by atoms with Crippen LogP contribution < -0.4 is 10.5 Å². The third-order valence-corrected chi connectivity index (χ3v) is 6.58. The van der Waals surface area contributed by atoms with Crippen LogP contribution in [0.3, 0.4) is 0 Å². The molecule has 1 aromatic heterocycles. The summed E-state index contributed by atoms with van der Waals surface area (Å²) in [7, 11) is -3.73. The number of hydrogen-bond donors (Lipinski definition) is 2. The van der Waals surface area contributed by atoms with E-state index in [4.69, 9.17) is 28.9 Å². The molecule has 0 aliphatic carbocycles. The molecule has 1 aromatic carbocycles. The molecule has 2 aromatic rings. The molecular weight excluding hydrogens is 419 g/mol. The zero-order valence-electron chi connectivity index (χ0n) is 10.6. The number of rotatable bonds is 5. The fraction of sp³-hybridized carbons (Fsp3) is 0.167. The number of hydrogen-bond acceptors (Lipinski definition) is 4. The second kappa shape index (κ2) is 6.95. The van der Waals surface area contributed by atoms with Crippen molar-refractivity contribution < 1.29 is 8.42 Å². The summed E-state index contributed by atoms with van der Waals surface area (Å²) in [4.78, 5) is 0.860. The third kappa shape index (κ3) is 4.19. The van der Waals surface area contributed by atoms with Gasteiger partial charge in [0.15, 0.2) is 0 Å². The minimum absolute atomic E-state index is 0.0235. The van der Waals surface area contributed by atoms with E-state index < -0.39 is 10.0 Å². The highest BCUT2D eigenvalue weighted by molar-refractivity contribution is 9.10. The van der Waals surface area contributed by atoms with Crippen molar-refractivity contribution in [2.45, 2.75) is 18.0 Å². The first kappa shape index (κ1) is 17.2. The van der Waals surface area contributed by atoms with Gasteiger partial charge in [-0.05, 0) is 39.7 Å². The van der Waals surface area contributed by atoms with Crippen molar-refractivity contribution in [3.05, 3.63) is 48.5 Å². The van der Waals surface area contributed by atoms with Gasteiger partial charge < -0.3 is 5.73 Å². The van der Waals surface area contributed by atoms with Crippen LogP contribution in [0.2, 0.25) is 10.0 Å². The first-order chi connectivity index (χ1) is 9.83. The van der Waals surface area contributed by atoms with Gasteiger partial charge in [0.1, 0.15) is 4.90 Å². The van der Waals surface area contributed by atoms with Crippen LogP contribution in [0.1, 0.15) is 10.4 Å². The molecule has 0 bridgehead atoms. The van der Waals surface area contributed by atoms with Crippen molar-refractivity contribution in [1.29, 1.82) is 0 Å². The van der Waals surface area contributed by atoms with Crippen LogP contribution in [0.5, 0.6) is 0 Å². The summed E-state index contributed by atoms with van der Waals surface area (Å²) < 4.78 is 28.1. The molecule has 0 atom stereocenters. The number of nitrogens with one attached hydrogen (secondary N) is 1. The lowest BCUT2D eigenvalue weighted by Gasteiger charge is -2.10. The first-order valence-corrected chi connectivity index (χ1v) is 9.65. The van der Waals surface area contributed by atoms with E-state index in [1.807, 2.05) is 11.4 Å². The molecule has 0 saturated heterocycles. The maximum atomic E-state index is 12.3. The predicted molar refractivity (Wildman–Crippen MR) is 90.4 cm³/mol.